The highest BCUT2D eigenvalue weighted by atomic mass is 35.5. The number of thiol groups is 1. The minimum Gasteiger partial charge on any atom is -0.194 e. The lowest BCUT2D eigenvalue weighted by Gasteiger charge is -2.29. The number of alkyl halides is 1. The maximum Gasteiger partial charge on any atom is 0.0758 e. The monoisotopic (exact) mass is 190 g/mol. The zero-order valence-corrected chi connectivity index (χ0v) is 8.70. The van der Waals surface area contributed by atoms with Gasteiger partial charge in [-0.3, -0.25) is 0 Å². The summed E-state index contributed by atoms with van der Waals surface area (Å²) in [5, 5.41) is 4.47. The molecule has 0 aromatic rings. The van der Waals surface area contributed by atoms with E-state index in [1.54, 1.807) is 0 Å². The number of allylic oxidation sites excluding steroid dienone is 2. The van der Waals surface area contributed by atoms with Gasteiger partial charge in [-0.25, -0.2) is 0 Å². The van der Waals surface area contributed by atoms with Crippen LogP contribution >= 0.6 is 22.5 Å². The average molecular weight is 191 g/mol. The zero-order chi connectivity index (χ0) is 8.32. The van der Waals surface area contributed by atoms with E-state index in [-0.39, 0.29) is 15.1 Å². The number of rotatable bonds is 3. The molecule has 0 bridgehead atoms. The van der Waals surface area contributed by atoms with Crippen molar-refractivity contribution in [2.45, 2.75) is 30.9 Å². The lowest BCUT2D eigenvalue weighted by molar-refractivity contribution is 0.737. The summed E-state index contributed by atoms with van der Waals surface area (Å²) in [5.74, 6) is 0. The molecule has 1 aliphatic heterocycles. The van der Waals surface area contributed by atoms with E-state index in [1.807, 2.05) is 0 Å². The summed E-state index contributed by atoms with van der Waals surface area (Å²) in [4.78, 5) is 0. The summed E-state index contributed by atoms with van der Waals surface area (Å²) in [6.45, 7) is 4.32. The van der Waals surface area contributed by atoms with E-state index in [2.05, 4.69) is 36.8 Å². The van der Waals surface area contributed by atoms with Gasteiger partial charge in [-0.05, 0) is 24.2 Å². The third kappa shape index (κ3) is 2.28. The maximum absolute atomic E-state index is 6.37. The molecule has 0 saturated carbocycles. The standard InChI is InChI=1S/C9H15ClS/c1-3-6-9(2,10)11-7-4-5-8-11/h4-5,7-8,11H,3,6H2,1-2H3. The first-order valence-electron chi connectivity index (χ1n) is 3.99. The van der Waals surface area contributed by atoms with Crippen molar-refractivity contribution >= 4 is 22.5 Å². The van der Waals surface area contributed by atoms with Crippen LogP contribution in [0.25, 0.3) is 0 Å². The molecule has 1 aliphatic rings. The van der Waals surface area contributed by atoms with Crippen molar-refractivity contribution in [2.24, 2.45) is 0 Å². The minimum absolute atomic E-state index is 0.00637. The Bertz CT molecular complexity index is 170. The molecule has 0 radical (unpaired) electrons. The lowest BCUT2D eigenvalue weighted by Crippen LogP contribution is -2.12. The van der Waals surface area contributed by atoms with Crippen LogP contribution in [0.1, 0.15) is 26.7 Å². The van der Waals surface area contributed by atoms with Gasteiger partial charge in [0.1, 0.15) is 0 Å². The first-order chi connectivity index (χ1) is 5.17. The van der Waals surface area contributed by atoms with Crippen molar-refractivity contribution in [1.82, 2.24) is 0 Å². The van der Waals surface area contributed by atoms with Gasteiger partial charge in [0.25, 0.3) is 0 Å². The van der Waals surface area contributed by atoms with Crippen LogP contribution in [0, 0.1) is 0 Å². The van der Waals surface area contributed by atoms with Gasteiger partial charge in [-0.2, -0.15) is 10.9 Å². The second-order valence-electron chi connectivity index (χ2n) is 2.98. The van der Waals surface area contributed by atoms with Gasteiger partial charge in [0, 0.05) is 0 Å². The van der Waals surface area contributed by atoms with E-state index in [9.17, 15) is 0 Å². The zero-order valence-electron chi connectivity index (χ0n) is 7.05. The van der Waals surface area contributed by atoms with Crippen LogP contribution in [0.15, 0.2) is 23.0 Å². The Morgan fingerprint density at radius 1 is 1.36 bits per heavy atom. The molecule has 0 amide bonds. The van der Waals surface area contributed by atoms with E-state index in [0.29, 0.717) is 0 Å². The van der Waals surface area contributed by atoms with Gasteiger partial charge in [0.2, 0.25) is 0 Å². The topological polar surface area (TPSA) is 0 Å². The highest BCUT2D eigenvalue weighted by Crippen LogP contribution is 2.51. The Morgan fingerprint density at radius 3 is 2.36 bits per heavy atom. The number of hydrogen-bond acceptors (Lipinski definition) is 0. The van der Waals surface area contributed by atoms with Crippen molar-refractivity contribution < 1.29 is 0 Å². The fourth-order valence-corrected chi connectivity index (χ4v) is 3.53. The second-order valence-corrected chi connectivity index (χ2v) is 6.48. The molecule has 0 aromatic carbocycles. The Hall–Kier alpha value is 0.120. The van der Waals surface area contributed by atoms with Crippen LogP contribution in [-0.2, 0) is 0 Å². The van der Waals surface area contributed by atoms with Crippen molar-refractivity contribution in [3.8, 4) is 0 Å². The van der Waals surface area contributed by atoms with Crippen molar-refractivity contribution in [3.63, 3.8) is 0 Å². The van der Waals surface area contributed by atoms with E-state index in [1.165, 1.54) is 6.42 Å². The first kappa shape index (κ1) is 9.21. The van der Waals surface area contributed by atoms with E-state index < -0.39 is 0 Å². The molecular weight excluding hydrogens is 176 g/mol. The summed E-state index contributed by atoms with van der Waals surface area (Å²) < 4.78 is -0.00637. The van der Waals surface area contributed by atoms with Gasteiger partial charge in [0.15, 0.2) is 0 Å². The number of hydrogen-bond donors (Lipinski definition) is 1. The molecule has 2 heteroatoms. The van der Waals surface area contributed by atoms with Crippen molar-refractivity contribution in [2.75, 3.05) is 0 Å². The van der Waals surface area contributed by atoms with E-state index in [0.717, 1.165) is 6.42 Å². The quantitative estimate of drug-likeness (QED) is 0.508. The molecule has 0 fully saturated rings. The highest BCUT2D eigenvalue weighted by Gasteiger charge is 2.25. The van der Waals surface area contributed by atoms with Gasteiger partial charge >= 0.3 is 0 Å². The van der Waals surface area contributed by atoms with Crippen LogP contribution in [0.3, 0.4) is 0 Å². The van der Waals surface area contributed by atoms with Crippen molar-refractivity contribution in [1.29, 1.82) is 0 Å². The molecule has 1 heterocycles. The summed E-state index contributed by atoms with van der Waals surface area (Å²) in [5.41, 5.74) is 0. The minimum atomic E-state index is -0.190. The third-order valence-corrected chi connectivity index (χ3v) is 4.91. The van der Waals surface area contributed by atoms with Gasteiger partial charge in [-0.1, -0.05) is 25.5 Å². The van der Waals surface area contributed by atoms with Crippen LogP contribution < -0.4 is 0 Å². The van der Waals surface area contributed by atoms with Crippen LogP contribution in [-0.4, -0.2) is 4.21 Å². The highest BCUT2D eigenvalue weighted by molar-refractivity contribution is 8.24. The third-order valence-electron chi connectivity index (χ3n) is 1.85. The molecule has 0 spiro atoms. The largest absolute Gasteiger partial charge is 0.194 e. The molecule has 0 nitrogen and oxygen atoms in total. The molecular formula is C9H15ClS. The Labute approximate surface area is 76.7 Å². The lowest BCUT2D eigenvalue weighted by atomic mass is 10.3. The predicted octanol–water partition coefficient (Wildman–Crippen LogP) is 3.78. The van der Waals surface area contributed by atoms with E-state index >= 15 is 0 Å². The summed E-state index contributed by atoms with van der Waals surface area (Å²) in [6, 6.07) is 0. The Morgan fingerprint density at radius 2 is 1.91 bits per heavy atom. The fourth-order valence-electron chi connectivity index (χ4n) is 1.23. The van der Waals surface area contributed by atoms with Crippen LogP contribution in [0.2, 0.25) is 0 Å². The molecule has 0 aliphatic carbocycles. The van der Waals surface area contributed by atoms with Gasteiger partial charge in [0.05, 0.1) is 4.21 Å². The molecule has 0 aromatic heterocycles. The summed E-state index contributed by atoms with van der Waals surface area (Å²) in [6.07, 6.45) is 6.47. The molecule has 1 atom stereocenters. The molecule has 64 valence electrons. The normalized spacial score (nSPS) is 24.1. The Kier molecular flexibility index (Phi) is 3.08. The smallest absolute Gasteiger partial charge is 0.0758 e. The van der Waals surface area contributed by atoms with Gasteiger partial charge in [-0.15, -0.1) is 11.6 Å². The summed E-state index contributed by atoms with van der Waals surface area (Å²) in [7, 11) is -0.190. The second kappa shape index (κ2) is 3.68. The fraction of sp³-hybridized carbons (Fsp3) is 0.556. The van der Waals surface area contributed by atoms with E-state index in [4.69, 9.17) is 11.6 Å². The predicted molar refractivity (Wildman–Crippen MR) is 56.4 cm³/mol. The van der Waals surface area contributed by atoms with Gasteiger partial charge < -0.3 is 0 Å². The first-order valence-corrected chi connectivity index (χ1v) is 5.85. The van der Waals surface area contributed by atoms with Crippen LogP contribution in [0.5, 0.6) is 0 Å². The average Bonchev–Trinajstić information content (AvgIpc) is 2.37. The molecule has 0 N–H and O–H groups in total. The molecule has 11 heavy (non-hydrogen) atoms. The molecule has 1 unspecified atom stereocenters. The number of halogens is 1. The van der Waals surface area contributed by atoms with Crippen LogP contribution in [0.4, 0.5) is 0 Å². The molecule has 0 saturated heterocycles. The SMILES string of the molecule is CCCC(C)(Cl)[SH]1C=CC=C1. The molecule has 1 rings (SSSR count). The summed E-state index contributed by atoms with van der Waals surface area (Å²) >= 11 is 6.37. The maximum atomic E-state index is 6.37. The Balaban J connectivity index is 2.56. The van der Waals surface area contributed by atoms with Crippen molar-refractivity contribution in [3.05, 3.63) is 23.0 Å².